The summed E-state index contributed by atoms with van der Waals surface area (Å²) in [5, 5.41) is 14.3. The van der Waals surface area contributed by atoms with E-state index in [1.165, 1.54) is 12.1 Å². The van der Waals surface area contributed by atoms with Crippen molar-refractivity contribution in [3.63, 3.8) is 0 Å². The fourth-order valence-corrected chi connectivity index (χ4v) is 2.14. The highest BCUT2D eigenvalue weighted by Crippen LogP contribution is 2.24. The molecule has 6 heteroatoms. The Balaban J connectivity index is 1.90. The Labute approximate surface area is 125 Å². The van der Waals surface area contributed by atoms with Crippen molar-refractivity contribution >= 4 is 28.3 Å². The smallest absolute Gasteiger partial charge is 0.291 e. The molecule has 1 N–H and O–H groups in total. The van der Waals surface area contributed by atoms with Gasteiger partial charge in [-0.15, -0.1) is 0 Å². The summed E-state index contributed by atoms with van der Waals surface area (Å²) in [5.41, 5.74) is 1.66. The van der Waals surface area contributed by atoms with Crippen molar-refractivity contribution in [3.05, 3.63) is 70.0 Å². The fourth-order valence-electron chi connectivity index (χ4n) is 2.14. The maximum Gasteiger partial charge on any atom is 0.291 e. The zero-order valence-electron chi connectivity index (χ0n) is 11.7. The molecule has 0 spiro atoms. The van der Waals surface area contributed by atoms with Crippen LogP contribution in [0.1, 0.15) is 16.1 Å². The first-order chi connectivity index (χ1) is 10.5. The van der Waals surface area contributed by atoms with Gasteiger partial charge in [0.05, 0.1) is 10.6 Å². The largest absolute Gasteiger partial charge is 0.451 e. The van der Waals surface area contributed by atoms with Crippen molar-refractivity contribution in [3.8, 4) is 0 Å². The van der Waals surface area contributed by atoms with Gasteiger partial charge in [-0.3, -0.25) is 14.9 Å². The third-order valence-electron chi connectivity index (χ3n) is 3.33. The van der Waals surface area contributed by atoms with Crippen LogP contribution in [0.4, 0.5) is 11.4 Å². The summed E-state index contributed by atoms with van der Waals surface area (Å²) >= 11 is 0. The quantitative estimate of drug-likeness (QED) is 0.586. The summed E-state index contributed by atoms with van der Waals surface area (Å²) in [4.78, 5) is 22.6. The van der Waals surface area contributed by atoms with Crippen LogP contribution in [-0.4, -0.2) is 10.8 Å². The van der Waals surface area contributed by atoms with E-state index in [9.17, 15) is 14.9 Å². The van der Waals surface area contributed by atoms with E-state index in [2.05, 4.69) is 5.32 Å². The summed E-state index contributed by atoms with van der Waals surface area (Å²) in [7, 11) is 0. The number of benzene rings is 2. The van der Waals surface area contributed by atoms with Crippen molar-refractivity contribution in [2.45, 2.75) is 6.92 Å². The summed E-state index contributed by atoms with van der Waals surface area (Å²) in [6.07, 6.45) is 0. The highest BCUT2D eigenvalue weighted by Gasteiger charge is 2.15. The topological polar surface area (TPSA) is 85.4 Å². The van der Waals surface area contributed by atoms with Crippen LogP contribution in [0.3, 0.4) is 0 Å². The van der Waals surface area contributed by atoms with Crippen LogP contribution in [0.2, 0.25) is 0 Å². The maximum absolute atomic E-state index is 12.2. The lowest BCUT2D eigenvalue weighted by Gasteiger charge is -2.06. The number of nitrogens with one attached hydrogen (secondary N) is 1. The number of carbonyl (C=O) groups is 1. The predicted molar refractivity (Wildman–Crippen MR) is 82.0 cm³/mol. The van der Waals surface area contributed by atoms with Crippen LogP contribution in [0, 0.1) is 17.0 Å². The predicted octanol–water partition coefficient (Wildman–Crippen LogP) is 3.90. The molecule has 0 saturated carbocycles. The lowest BCUT2D eigenvalue weighted by Crippen LogP contribution is -2.12. The van der Waals surface area contributed by atoms with E-state index in [0.717, 1.165) is 10.9 Å². The van der Waals surface area contributed by atoms with Crippen LogP contribution in [-0.2, 0) is 0 Å². The molecule has 110 valence electrons. The maximum atomic E-state index is 12.2. The van der Waals surface area contributed by atoms with Crippen LogP contribution in [0.15, 0.2) is 52.9 Å². The summed E-state index contributed by atoms with van der Waals surface area (Å²) < 4.78 is 5.47. The average Bonchev–Trinajstić information content (AvgIpc) is 2.93. The lowest BCUT2D eigenvalue weighted by atomic mass is 10.1. The molecule has 1 heterocycles. The average molecular weight is 296 g/mol. The van der Waals surface area contributed by atoms with Crippen LogP contribution in [0.5, 0.6) is 0 Å². The van der Waals surface area contributed by atoms with E-state index in [0.29, 0.717) is 11.3 Å². The second-order valence-electron chi connectivity index (χ2n) is 4.86. The Morgan fingerprint density at radius 1 is 1.18 bits per heavy atom. The second-order valence-corrected chi connectivity index (χ2v) is 4.86. The van der Waals surface area contributed by atoms with Gasteiger partial charge in [0.25, 0.3) is 11.6 Å². The Bertz CT molecular complexity index is 850. The van der Waals surface area contributed by atoms with Gasteiger partial charge >= 0.3 is 0 Å². The van der Waals surface area contributed by atoms with E-state index in [1.807, 2.05) is 18.2 Å². The lowest BCUT2D eigenvalue weighted by molar-refractivity contribution is -0.384. The third-order valence-corrected chi connectivity index (χ3v) is 3.33. The number of furan rings is 1. The molecule has 1 aromatic heterocycles. The number of nitrogens with zero attached hydrogens (tertiary/aromatic N) is 1. The van der Waals surface area contributed by atoms with Crippen molar-refractivity contribution < 1.29 is 14.1 Å². The number of non-ortho nitro benzene ring substituents is 1. The first kappa shape index (κ1) is 13.8. The van der Waals surface area contributed by atoms with E-state index in [1.54, 1.807) is 25.1 Å². The Morgan fingerprint density at radius 2 is 1.95 bits per heavy atom. The van der Waals surface area contributed by atoms with Gasteiger partial charge in [-0.25, -0.2) is 0 Å². The van der Waals surface area contributed by atoms with Gasteiger partial charge < -0.3 is 9.73 Å². The molecule has 0 bridgehead atoms. The highest BCUT2D eigenvalue weighted by molar-refractivity contribution is 6.05. The van der Waals surface area contributed by atoms with Crippen LogP contribution < -0.4 is 5.32 Å². The zero-order valence-corrected chi connectivity index (χ0v) is 11.7. The van der Waals surface area contributed by atoms with Gasteiger partial charge in [-0.05, 0) is 24.6 Å². The summed E-state index contributed by atoms with van der Waals surface area (Å²) in [6.45, 7) is 1.76. The van der Waals surface area contributed by atoms with Crippen molar-refractivity contribution in [1.82, 2.24) is 0 Å². The molecular formula is C16H12N2O4. The van der Waals surface area contributed by atoms with Gasteiger partial charge in [0, 0.05) is 17.5 Å². The molecule has 0 unspecified atom stereocenters. The molecule has 3 aromatic rings. The monoisotopic (exact) mass is 296 g/mol. The molecule has 0 aliphatic carbocycles. The first-order valence-electron chi connectivity index (χ1n) is 6.59. The van der Waals surface area contributed by atoms with Crippen LogP contribution in [0.25, 0.3) is 11.0 Å². The highest BCUT2D eigenvalue weighted by atomic mass is 16.6. The summed E-state index contributed by atoms with van der Waals surface area (Å²) in [6, 6.07) is 13.2. The summed E-state index contributed by atoms with van der Waals surface area (Å²) in [5.74, 6) is -0.285. The second kappa shape index (κ2) is 5.33. The van der Waals surface area contributed by atoms with Gasteiger partial charge in [-0.1, -0.05) is 24.3 Å². The fraction of sp³-hybridized carbons (Fsp3) is 0.0625. The molecular weight excluding hydrogens is 284 g/mol. The normalized spacial score (nSPS) is 10.6. The number of anilines is 1. The zero-order chi connectivity index (χ0) is 15.7. The molecule has 0 aliphatic heterocycles. The van der Waals surface area contributed by atoms with E-state index >= 15 is 0 Å². The minimum absolute atomic E-state index is 0.0782. The number of carbonyl (C=O) groups excluding carboxylic acids is 1. The minimum atomic E-state index is -0.504. The van der Waals surface area contributed by atoms with Crippen molar-refractivity contribution in [2.75, 3.05) is 5.32 Å². The molecule has 0 fully saturated rings. The number of aryl methyl sites for hydroxylation is 1. The SMILES string of the molecule is Cc1ccc([N+](=O)[O-])cc1NC(=O)c1cc2ccccc2o1. The van der Waals surface area contributed by atoms with E-state index in [-0.39, 0.29) is 11.4 Å². The van der Waals surface area contributed by atoms with Crippen molar-refractivity contribution in [2.24, 2.45) is 0 Å². The Morgan fingerprint density at radius 3 is 2.68 bits per heavy atom. The van der Waals surface area contributed by atoms with E-state index < -0.39 is 10.8 Å². The van der Waals surface area contributed by atoms with Gasteiger partial charge in [0.2, 0.25) is 0 Å². The molecule has 0 saturated heterocycles. The molecule has 0 aliphatic rings. The Kier molecular flexibility index (Phi) is 3.34. The molecule has 6 nitrogen and oxygen atoms in total. The van der Waals surface area contributed by atoms with Crippen LogP contribution >= 0.6 is 0 Å². The number of amides is 1. The van der Waals surface area contributed by atoms with Gasteiger partial charge in [-0.2, -0.15) is 0 Å². The molecule has 0 atom stereocenters. The molecule has 1 amide bonds. The number of nitro benzene ring substituents is 1. The number of hydrogen-bond acceptors (Lipinski definition) is 4. The number of para-hydroxylation sites is 1. The molecule has 0 radical (unpaired) electrons. The molecule has 3 rings (SSSR count). The molecule has 22 heavy (non-hydrogen) atoms. The standard InChI is InChI=1S/C16H12N2O4/c1-10-6-7-12(18(20)21)9-13(10)17-16(19)15-8-11-4-2-3-5-14(11)22-15/h2-9H,1H3,(H,17,19). The number of hydrogen-bond donors (Lipinski definition) is 1. The number of fused-ring (bicyclic) bond motifs is 1. The van der Waals surface area contributed by atoms with Gasteiger partial charge in [0.1, 0.15) is 5.58 Å². The molecule has 2 aromatic carbocycles. The third kappa shape index (κ3) is 2.54. The minimum Gasteiger partial charge on any atom is -0.451 e. The number of rotatable bonds is 3. The van der Waals surface area contributed by atoms with Crippen molar-refractivity contribution in [1.29, 1.82) is 0 Å². The number of nitro groups is 1. The van der Waals surface area contributed by atoms with E-state index in [4.69, 9.17) is 4.42 Å². The first-order valence-corrected chi connectivity index (χ1v) is 6.59. The van der Waals surface area contributed by atoms with Gasteiger partial charge in [0.15, 0.2) is 5.76 Å². The Hall–Kier alpha value is -3.15.